The highest BCUT2D eigenvalue weighted by Gasteiger charge is 2.42. The molecule has 0 N–H and O–H groups in total. The van der Waals surface area contributed by atoms with Gasteiger partial charge in [-0.25, -0.2) is 0 Å². The zero-order valence-corrected chi connectivity index (χ0v) is 13.1. The summed E-state index contributed by atoms with van der Waals surface area (Å²) in [5, 5.41) is 8.69. The van der Waals surface area contributed by atoms with Gasteiger partial charge in [0, 0.05) is 13.1 Å². The second kappa shape index (κ2) is 7.64. The summed E-state index contributed by atoms with van der Waals surface area (Å²) in [5.41, 5.74) is 0.793. The maximum atomic E-state index is 12.7. The van der Waals surface area contributed by atoms with Crippen molar-refractivity contribution < 1.29 is 18.0 Å². The number of alkyl halides is 4. The summed E-state index contributed by atoms with van der Waals surface area (Å²) < 4.78 is 38.2. The van der Waals surface area contributed by atoms with Crippen LogP contribution in [0.1, 0.15) is 19.8 Å². The summed E-state index contributed by atoms with van der Waals surface area (Å²) >= 11 is 3.07. The molecular formula is C14H16BrF3N2O. The van der Waals surface area contributed by atoms with Crippen molar-refractivity contribution in [2.75, 3.05) is 13.1 Å². The Kier molecular flexibility index (Phi) is 6.46. The molecule has 1 aliphatic rings. The molecule has 0 aromatic carbocycles. The molecule has 1 unspecified atom stereocenters. The minimum Gasteiger partial charge on any atom is -0.336 e. The normalized spacial score (nSPS) is 17.6. The Morgan fingerprint density at radius 1 is 1.52 bits per heavy atom. The van der Waals surface area contributed by atoms with Gasteiger partial charge in [0.05, 0.1) is 10.9 Å². The van der Waals surface area contributed by atoms with Gasteiger partial charge in [0.25, 0.3) is 0 Å². The maximum absolute atomic E-state index is 12.7. The van der Waals surface area contributed by atoms with Crippen molar-refractivity contribution in [1.29, 1.82) is 5.26 Å². The van der Waals surface area contributed by atoms with Crippen LogP contribution in [0.15, 0.2) is 23.8 Å². The van der Waals surface area contributed by atoms with Gasteiger partial charge in [0.2, 0.25) is 5.91 Å². The predicted octanol–water partition coefficient (Wildman–Crippen LogP) is 3.58. The van der Waals surface area contributed by atoms with E-state index in [0.717, 1.165) is 23.3 Å². The Labute approximate surface area is 130 Å². The van der Waals surface area contributed by atoms with E-state index in [1.165, 1.54) is 6.07 Å². The first-order chi connectivity index (χ1) is 9.75. The Morgan fingerprint density at radius 2 is 2.19 bits per heavy atom. The minimum atomic E-state index is -4.64. The highest BCUT2D eigenvalue weighted by atomic mass is 79.9. The van der Waals surface area contributed by atoms with Gasteiger partial charge in [-0.1, -0.05) is 34.2 Å². The van der Waals surface area contributed by atoms with E-state index in [2.05, 4.69) is 15.9 Å². The number of nitriles is 1. The average Bonchev–Trinajstić information content (AvgIpc) is 2.42. The third-order valence-corrected chi connectivity index (χ3v) is 3.44. The van der Waals surface area contributed by atoms with E-state index in [4.69, 9.17) is 5.26 Å². The van der Waals surface area contributed by atoms with Crippen molar-refractivity contribution in [1.82, 2.24) is 4.90 Å². The molecule has 21 heavy (non-hydrogen) atoms. The van der Waals surface area contributed by atoms with Gasteiger partial charge in [0.1, 0.15) is 0 Å². The lowest BCUT2D eigenvalue weighted by Gasteiger charge is -2.28. The standard InChI is InChI=1S/C14H16BrF3N2O/c1-10(15)13(21)20(8-11-5-3-2-4-6-11)9-12(7-19)14(16,17)18/h3,5-6,10,12H,2,4,8-9H2,1H3/t10?,12-/m0/s1. The predicted molar refractivity (Wildman–Crippen MR) is 76.6 cm³/mol. The Balaban J connectivity index is 2.87. The average molecular weight is 365 g/mol. The topological polar surface area (TPSA) is 44.1 Å². The largest absolute Gasteiger partial charge is 0.406 e. The summed E-state index contributed by atoms with van der Waals surface area (Å²) in [5.74, 6) is -2.64. The number of nitrogens with zero attached hydrogens (tertiary/aromatic N) is 2. The van der Waals surface area contributed by atoms with Gasteiger partial charge < -0.3 is 4.90 Å². The number of amides is 1. The van der Waals surface area contributed by atoms with Crippen molar-refractivity contribution in [3.8, 4) is 6.07 Å². The van der Waals surface area contributed by atoms with Crippen LogP contribution in [0.25, 0.3) is 0 Å². The molecule has 0 saturated carbocycles. The van der Waals surface area contributed by atoms with Gasteiger partial charge in [-0.2, -0.15) is 18.4 Å². The van der Waals surface area contributed by atoms with Crippen LogP contribution in [-0.2, 0) is 4.79 Å². The molecule has 1 amide bonds. The van der Waals surface area contributed by atoms with Crippen molar-refractivity contribution in [2.24, 2.45) is 5.92 Å². The number of halogens is 4. The summed E-state index contributed by atoms with van der Waals surface area (Å²) in [4.78, 5) is 12.5. The van der Waals surface area contributed by atoms with Gasteiger partial charge in [-0.15, -0.1) is 0 Å². The molecule has 0 radical (unpaired) electrons. The summed E-state index contributed by atoms with van der Waals surface area (Å²) in [6.45, 7) is 0.981. The van der Waals surface area contributed by atoms with E-state index >= 15 is 0 Å². The van der Waals surface area contributed by atoms with Crippen LogP contribution < -0.4 is 0 Å². The summed E-state index contributed by atoms with van der Waals surface area (Å²) in [6, 6.07) is 1.23. The summed E-state index contributed by atoms with van der Waals surface area (Å²) in [6.07, 6.45) is 2.67. The molecule has 0 fully saturated rings. The zero-order valence-electron chi connectivity index (χ0n) is 11.5. The molecule has 2 atom stereocenters. The molecule has 0 saturated heterocycles. The van der Waals surface area contributed by atoms with Crippen LogP contribution in [0, 0.1) is 17.2 Å². The highest BCUT2D eigenvalue weighted by Crippen LogP contribution is 2.27. The molecule has 7 heteroatoms. The van der Waals surface area contributed by atoms with Crippen LogP contribution in [-0.4, -0.2) is 34.9 Å². The fraction of sp³-hybridized carbons (Fsp3) is 0.571. The molecule has 0 heterocycles. The van der Waals surface area contributed by atoms with Crippen molar-refractivity contribution in [3.63, 3.8) is 0 Å². The molecule has 0 aromatic heterocycles. The third kappa shape index (κ3) is 5.54. The fourth-order valence-corrected chi connectivity index (χ4v) is 2.22. The first-order valence-corrected chi connectivity index (χ1v) is 7.42. The highest BCUT2D eigenvalue weighted by molar-refractivity contribution is 9.10. The zero-order chi connectivity index (χ0) is 16.0. The van der Waals surface area contributed by atoms with Crippen LogP contribution in [0.5, 0.6) is 0 Å². The van der Waals surface area contributed by atoms with Gasteiger partial charge in [0.15, 0.2) is 5.92 Å². The van der Waals surface area contributed by atoms with Crippen molar-refractivity contribution >= 4 is 21.8 Å². The van der Waals surface area contributed by atoms with E-state index in [9.17, 15) is 18.0 Å². The second-order valence-corrected chi connectivity index (χ2v) is 6.19. The Morgan fingerprint density at radius 3 is 2.62 bits per heavy atom. The number of carbonyl (C=O) groups is 1. The molecule has 0 spiro atoms. The van der Waals surface area contributed by atoms with Crippen LogP contribution in [0.2, 0.25) is 0 Å². The molecule has 3 nitrogen and oxygen atoms in total. The SMILES string of the molecule is CC(Br)C(=O)N(CC1=CCCC=C1)C[C@H](C#N)C(F)(F)F. The van der Waals surface area contributed by atoms with Crippen LogP contribution in [0.4, 0.5) is 13.2 Å². The Bertz CT molecular complexity index is 478. The number of allylic oxidation sites excluding steroid dienone is 2. The van der Waals surface area contributed by atoms with Crippen molar-refractivity contribution in [3.05, 3.63) is 23.8 Å². The van der Waals surface area contributed by atoms with Crippen LogP contribution >= 0.6 is 15.9 Å². The molecule has 0 bridgehead atoms. The molecule has 1 rings (SSSR count). The fourth-order valence-electron chi connectivity index (χ4n) is 1.93. The smallest absolute Gasteiger partial charge is 0.336 e. The lowest BCUT2D eigenvalue weighted by atomic mass is 10.1. The number of hydrogen-bond acceptors (Lipinski definition) is 2. The minimum absolute atomic E-state index is 0.0829. The molecule has 0 aliphatic heterocycles. The number of carbonyl (C=O) groups excluding carboxylic acids is 1. The lowest BCUT2D eigenvalue weighted by molar-refractivity contribution is -0.165. The van der Waals surface area contributed by atoms with E-state index in [1.807, 2.05) is 12.2 Å². The molecule has 116 valence electrons. The van der Waals surface area contributed by atoms with E-state index in [1.54, 1.807) is 13.0 Å². The van der Waals surface area contributed by atoms with Gasteiger partial charge in [-0.05, 0) is 25.3 Å². The quantitative estimate of drug-likeness (QED) is 0.699. The van der Waals surface area contributed by atoms with E-state index in [0.29, 0.717) is 0 Å². The number of hydrogen-bond donors (Lipinski definition) is 0. The molecule has 1 aliphatic carbocycles. The Hall–Kier alpha value is -1.29. The molecular weight excluding hydrogens is 349 g/mol. The summed E-state index contributed by atoms with van der Waals surface area (Å²) in [7, 11) is 0. The number of rotatable bonds is 5. The maximum Gasteiger partial charge on any atom is 0.406 e. The lowest BCUT2D eigenvalue weighted by Crippen LogP contribution is -2.43. The third-order valence-electron chi connectivity index (χ3n) is 3.05. The second-order valence-electron chi connectivity index (χ2n) is 4.82. The van der Waals surface area contributed by atoms with Crippen LogP contribution in [0.3, 0.4) is 0 Å². The first kappa shape index (κ1) is 17.8. The molecule has 0 aromatic rings. The van der Waals surface area contributed by atoms with E-state index < -0.39 is 29.4 Å². The van der Waals surface area contributed by atoms with Gasteiger partial charge >= 0.3 is 6.18 Å². The first-order valence-electron chi connectivity index (χ1n) is 6.50. The monoisotopic (exact) mass is 364 g/mol. The van der Waals surface area contributed by atoms with E-state index in [-0.39, 0.29) is 6.54 Å². The van der Waals surface area contributed by atoms with Gasteiger partial charge in [-0.3, -0.25) is 4.79 Å². The van der Waals surface area contributed by atoms with Crippen molar-refractivity contribution in [2.45, 2.75) is 30.8 Å².